The molecule has 2 rings (SSSR count). The zero-order chi connectivity index (χ0) is 15.8. The Balaban J connectivity index is 2.12. The summed E-state index contributed by atoms with van der Waals surface area (Å²) in [5.41, 5.74) is 1.63. The molecule has 1 fully saturated rings. The van der Waals surface area contributed by atoms with Gasteiger partial charge in [0.2, 0.25) is 0 Å². The van der Waals surface area contributed by atoms with E-state index in [1.165, 1.54) is 7.11 Å². The quantitative estimate of drug-likeness (QED) is 0.572. The molecule has 0 bridgehead atoms. The van der Waals surface area contributed by atoms with Crippen LogP contribution in [0.5, 0.6) is 5.75 Å². The van der Waals surface area contributed by atoms with Gasteiger partial charge in [-0.05, 0) is 18.6 Å². The monoisotopic (exact) mass is 307 g/mol. The van der Waals surface area contributed by atoms with E-state index in [4.69, 9.17) is 14.2 Å². The minimum atomic E-state index is -0.335. The molecule has 1 aromatic carbocycles. The molecule has 1 aromatic rings. The van der Waals surface area contributed by atoms with Gasteiger partial charge in [0.05, 0.1) is 32.5 Å². The molecule has 0 spiro atoms. The summed E-state index contributed by atoms with van der Waals surface area (Å²) in [5, 5.41) is 0. The number of benzene rings is 1. The number of carbonyl (C=O) groups is 1. The first-order chi connectivity index (χ1) is 10.7. The number of carbonyl (C=O) groups excluding carboxylic acids is 1. The number of hydrogen-bond acceptors (Lipinski definition) is 5. The van der Waals surface area contributed by atoms with Crippen molar-refractivity contribution >= 4 is 5.97 Å². The van der Waals surface area contributed by atoms with Gasteiger partial charge in [-0.25, -0.2) is 4.79 Å². The zero-order valence-corrected chi connectivity index (χ0v) is 13.5. The number of unbranched alkanes of at least 4 members (excludes halogenated alkanes) is 1. The highest BCUT2D eigenvalue weighted by molar-refractivity contribution is 5.89. The lowest BCUT2D eigenvalue weighted by Crippen LogP contribution is -2.35. The predicted molar refractivity (Wildman–Crippen MR) is 84.3 cm³/mol. The Morgan fingerprint density at radius 2 is 2.09 bits per heavy atom. The highest BCUT2D eigenvalue weighted by Gasteiger charge is 2.15. The lowest BCUT2D eigenvalue weighted by Gasteiger charge is -2.27. The van der Waals surface area contributed by atoms with Crippen molar-refractivity contribution in [2.75, 3.05) is 40.0 Å². The molecule has 1 heterocycles. The molecule has 5 heteroatoms. The summed E-state index contributed by atoms with van der Waals surface area (Å²) in [6.45, 7) is 6.99. The van der Waals surface area contributed by atoms with Gasteiger partial charge >= 0.3 is 5.97 Å². The van der Waals surface area contributed by atoms with E-state index in [2.05, 4.69) is 11.8 Å². The van der Waals surface area contributed by atoms with Gasteiger partial charge in [0.1, 0.15) is 5.75 Å². The molecular formula is C17H25NO4. The second kappa shape index (κ2) is 8.76. The molecule has 0 saturated carbocycles. The number of hydrogen-bond donors (Lipinski definition) is 0. The van der Waals surface area contributed by atoms with Crippen molar-refractivity contribution in [3.63, 3.8) is 0 Å². The summed E-state index contributed by atoms with van der Waals surface area (Å²) in [4.78, 5) is 14.0. The highest BCUT2D eigenvalue weighted by atomic mass is 16.5. The molecule has 1 aliphatic rings. The molecule has 0 atom stereocenters. The van der Waals surface area contributed by atoms with E-state index in [0.717, 1.165) is 57.0 Å². The van der Waals surface area contributed by atoms with Crippen molar-refractivity contribution in [3.8, 4) is 5.75 Å². The maximum Gasteiger partial charge on any atom is 0.337 e. The average molecular weight is 307 g/mol. The lowest BCUT2D eigenvalue weighted by atomic mass is 10.1. The number of nitrogens with zero attached hydrogens (tertiary/aromatic N) is 1. The molecule has 122 valence electrons. The van der Waals surface area contributed by atoms with E-state index in [1.54, 1.807) is 12.1 Å². The largest absolute Gasteiger partial charge is 0.493 e. The second-order valence-corrected chi connectivity index (χ2v) is 5.40. The van der Waals surface area contributed by atoms with Crippen LogP contribution in [0.25, 0.3) is 0 Å². The Kier molecular flexibility index (Phi) is 6.68. The fraction of sp³-hybridized carbons (Fsp3) is 0.588. The van der Waals surface area contributed by atoms with Crippen molar-refractivity contribution < 1.29 is 19.0 Å². The fourth-order valence-electron chi connectivity index (χ4n) is 2.39. The van der Waals surface area contributed by atoms with E-state index in [0.29, 0.717) is 12.2 Å². The van der Waals surface area contributed by atoms with Crippen LogP contribution in [0.2, 0.25) is 0 Å². The van der Waals surface area contributed by atoms with E-state index < -0.39 is 0 Å². The summed E-state index contributed by atoms with van der Waals surface area (Å²) < 4.78 is 16.1. The molecule has 1 aliphatic heterocycles. The third-order valence-electron chi connectivity index (χ3n) is 3.74. The number of ether oxygens (including phenoxy) is 3. The van der Waals surface area contributed by atoms with Gasteiger partial charge in [-0.2, -0.15) is 0 Å². The van der Waals surface area contributed by atoms with Crippen LogP contribution >= 0.6 is 0 Å². The van der Waals surface area contributed by atoms with E-state index in [-0.39, 0.29) is 5.97 Å². The molecule has 22 heavy (non-hydrogen) atoms. The molecule has 0 radical (unpaired) electrons. The van der Waals surface area contributed by atoms with Gasteiger partial charge in [0.15, 0.2) is 0 Å². The Morgan fingerprint density at radius 1 is 1.32 bits per heavy atom. The first kappa shape index (κ1) is 16.8. The van der Waals surface area contributed by atoms with Crippen LogP contribution in [-0.2, 0) is 16.0 Å². The van der Waals surface area contributed by atoms with Crippen LogP contribution in [0.4, 0.5) is 0 Å². The number of methoxy groups -OCH3 is 1. The maximum absolute atomic E-state index is 11.7. The Labute approximate surface area is 132 Å². The summed E-state index contributed by atoms with van der Waals surface area (Å²) in [5.74, 6) is 0.445. The predicted octanol–water partition coefficient (Wildman–Crippen LogP) is 2.48. The fourth-order valence-corrected chi connectivity index (χ4v) is 2.39. The average Bonchev–Trinajstić information content (AvgIpc) is 2.56. The van der Waals surface area contributed by atoms with Gasteiger partial charge in [-0.15, -0.1) is 0 Å². The molecule has 0 amide bonds. The summed E-state index contributed by atoms with van der Waals surface area (Å²) in [6.07, 6.45) is 2.08. The third kappa shape index (κ3) is 4.71. The highest BCUT2D eigenvalue weighted by Crippen LogP contribution is 2.23. The molecule has 0 N–H and O–H groups in total. The first-order valence-corrected chi connectivity index (χ1v) is 7.88. The Bertz CT molecular complexity index is 484. The Hall–Kier alpha value is -1.59. The molecule has 1 saturated heterocycles. The van der Waals surface area contributed by atoms with Crippen LogP contribution < -0.4 is 4.74 Å². The minimum Gasteiger partial charge on any atom is -0.493 e. The normalized spacial score (nSPS) is 15.5. The SMILES string of the molecule is CCCCOc1cc(C(=O)OC)ccc1CN1CCOCC1. The van der Waals surface area contributed by atoms with Crippen molar-refractivity contribution in [3.05, 3.63) is 29.3 Å². The maximum atomic E-state index is 11.7. The van der Waals surface area contributed by atoms with Crippen molar-refractivity contribution in [1.82, 2.24) is 4.90 Å². The number of esters is 1. The standard InChI is InChI=1S/C17H25NO4/c1-3-4-9-22-16-12-14(17(19)20-2)5-6-15(16)13-18-7-10-21-11-8-18/h5-6,12H,3-4,7-11,13H2,1-2H3. The van der Waals surface area contributed by atoms with E-state index in [1.807, 2.05) is 6.07 Å². The molecule has 0 unspecified atom stereocenters. The van der Waals surface area contributed by atoms with Gasteiger partial charge in [-0.3, -0.25) is 4.90 Å². The molecular weight excluding hydrogens is 282 g/mol. The van der Waals surface area contributed by atoms with Crippen molar-refractivity contribution in [1.29, 1.82) is 0 Å². The van der Waals surface area contributed by atoms with Crippen LogP contribution in [0.15, 0.2) is 18.2 Å². The van der Waals surface area contributed by atoms with Crippen molar-refractivity contribution in [2.45, 2.75) is 26.3 Å². The number of rotatable bonds is 7. The number of morpholine rings is 1. The second-order valence-electron chi connectivity index (χ2n) is 5.40. The van der Waals surface area contributed by atoms with Crippen LogP contribution in [0, 0.1) is 0 Å². The molecule has 0 aromatic heterocycles. The third-order valence-corrected chi connectivity index (χ3v) is 3.74. The van der Waals surface area contributed by atoms with Crippen LogP contribution in [0.3, 0.4) is 0 Å². The van der Waals surface area contributed by atoms with Crippen LogP contribution in [-0.4, -0.2) is 50.9 Å². The minimum absolute atomic E-state index is 0.335. The first-order valence-electron chi connectivity index (χ1n) is 7.88. The topological polar surface area (TPSA) is 48.0 Å². The Morgan fingerprint density at radius 3 is 2.77 bits per heavy atom. The molecule has 0 aliphatic carbocycles. The molecule has 5 nitrogen and oxygen atoms in total. The van der Waals surface area contributed by atoms with Gasteiger partial charge in [-0.1, -0.05) is 19.4 Å². The zero-order valence-electron chi connectivity index (χ0n) is 13.5. The summed E-state index contributed by atoms with van der Waals surface area (Å²) >= 11 is 0. The van der Waals surface area contributed by atoms with Gasteiger partial charge in [0, 0.05) is 25.2 Å². The smallest absolute Gasteiger partial charge is 0.337 e. The van der Waals surface area contributed by atoms with E-state index in [9.17, 15) is 4.79 Å². The summed E-state index contributed by atoms with van der Waals surface area (Å²) in [7, 11) is 1.39. The van der Waals surface area contributed by atoms with Gasteiger partial charge in [0.25, 0.3) is 0 Å². The summed E-state index contributed by atoms with van der Waals surface area (Å²) in [6, 6.07) is 5.55. The van der Waals surface area contributed by atoms with Gasteiger partial charge < -0.3 is 14.2 Å². The lowest BCUT2D eigenvalue weighted by molar-refractivity contribution is 0.0338. The van der Waals surface area contributed by atoms with E-state index >= 15 is 0 Å². The van der Waals surface area contributed by atoms with Crippen LogP contribution in [0.1, 0.15) is 35.7 Å². The van der Waals surface area contributed by atoms with Crippen molar-refractivity contribution in [2.24, 2.45) is 0 Å².